The number of carboxylic acid groups (broad SMARTS) is 1. The number of nitrogen functional groups attached to an aromatic ring is 1. The molecule has 0 amide bonds. The highest BCUT2D eigenvalue weighted by atomic mass is 79.9. The lowest BCUT2D eigenvalue weighted by Gasteiger charge is -2.07. The quantitative estimate of drug-likeness (QED) is 0.660. The van der Waals surface area contributed by atoms with Crippen LogP contribution in [0.1, 0.15) is 16.1 Å². The summed E-state index contributed by atoms with van der Waals surface area (Å²) in [6, 6.07) is 5.59. The molecule has 0 saturated heterocycles. The average molecular weight is 342 g/mol. The highest BCUT2D eigenvalue weighted by Gasteiger charge is 2.15. The molecule has 100 valence electrons. The van der Waals surface area contributed by atoms with Crippen molar-refractivity contribution in [1.82, 2.24) is 9.78 Å². The van der Waals surface area contributed by atoms with Gasteiger partial charge in [0.15, 0.2) is 0 Å². The second kappa shape index (κ2) is 5.66. The Hall–Kier alpha value is -1.47. The number of carboxylic acids is 1. The molecule has 7 heteroatoms. The monoisotopic (exact) mass is 341 g/mol. The van der Waals surface area contributed by atoms with Gasteiger partial charge in [0, 0.05) is 27.9 Å². The molecule has 0 radical (unpaired) electrons. The summed E-state index contributed by atoms with van der Waals surface area (Å²) in [5, 5.41) is 13.1. The number of benzene rings is 1. The van der Waals surface area contributed by atoms with E-state index in [1.54, 1.807) is 11.7 Å². The number of nitrogens with zero attached hydrogens (tertiary/aromatic N) is 2. The van der Waals surface area contributed by atoms with Crippen LogP contribution in [-0.4, -0.2) is 20.9 Å². The lowest BCUT2D eigenvalue weighted by Crippen LogP contribution is -2.03. The molecule has 2 aromatic rings. The van der Waals surface area contributed by atoms with Crippen LogP contribution in [0.25, 0.3) is 0 Å². The van der Waals surface area contributed by atoms with Gasteiger partial charge in [-0.05, 0) is 18.2 Å². The molecule has 0 unspecified atom stereocenters. The molecule has 2 rings (SSSR count). The molecule has 1 aromatic carbocycles. The van der Waals surface area contributed by atoms with E-state index in [1.807, 2.05) is 18.2 Å². The zero-order valence-corrected chi connectivity index (χ0v) is 12.5. The molecule has 0 atom stereocenters. The Morgan fingerprint density at radius 1 is 1.58 bits per heavy atom. The first-order valence-electron chi connectivity index (χ1n) is 5.41. The number of anilines is 1. The summed E-state index contributed by atoms with van der Waals surface area (Å²) < 4.78 is 2.51. The zero-order chi connectivity index (χ0) is 14.0. The third-order valence-corrected chi connectivity index (χ3v) is 4.21. The predicted molar refractivity (Wildman–Crippen MR) is 78.3 cm³/mol. The Morgan fingerprint density at radius 3 is 3.00 bits per heavy atom. The summed E-state index contributed by atoms with van der Waals surface area (Å²) in [5.74, 6) is -0.468. The SMILES string of the molecule is Cn1ncc(C(=O)O)c1CSc1cc(Br)ccc1N. The van der Waals surface area contributed by atoms with Crippen molar-refractivity contribution in [3.8, 4) is 0 Å². The number of nitrogens with two attached hydrogens (primary N) is 1. The molecule has 0 bridgehead atoms. The van der Waals surface area contributed by atoms with Crippen LogP contribution < -0.4 is 5.73 Å². The van der Waals surface area contributed by atoms with Crippen LogP contribution in [0.15, 0.2) is 33.8 Å². The fraction of sp³-hybridized carbons (Fsp3) is 0.167. The normalized spacial score (nSPS) is 10.6. The van der Waals surface area contributed by atoms with Gasteiger partial charge >= 0.3 is 5.97 Å². The average Bonchev–Trinajstić information content (AvgIpc) is 2.72. The van der Waals surface area contributed by atoms with Gasteiger partial charge < -0.3 is 10.8 Å². The molecule has 0 fully saturated rings. The molecule has 0 aliphatic carbocycles. The number of aromatic carboxylic acids is 1. The van der Waals surface area contributed by atoms with Gasteiger partial charge in [0.25, 0.3) is 0 Å². The van der Waals surface area contributed by atoms with Gasteiger partial charge in [-0.1, -0.05) is 15.9 Å². The van der Waals surface area contributed by atoms with Gasteiger partial charge in [0.1, 0.15) is 5.56 Å². The fourth-order valence-electron chi connectivity index (χ4n) is 1.59. The molecule has 3 N–H and O–H groups in total. The van der Waals surface area contributed by atoms with Gasteiger partial charge in [-0.15, -0.1) is 11.8 Å². The first kappa shape index (κ1) is 14.0. The molecule has 1 heterocycles. The van der Waals surface area contributed by atoms with E-state index in [9.17, 15) is 4.79 Å². The highest BCUT2D eigenvalue weighted by molar-refractivity contribution is 9.10. The Bertz CT molecular complexity index is 627. The van der Waals surface area contributed by atoms with Gasteiger partial charge in [-0.3, -0.25) is 4.68 Å². The van der Waals surface area contributed by atoms with Gasteiger partial charge in [0.2, 0.25) is 0 Å². The lowest BCUT2D eigenvalue weighted by atomic mass is 10.3. The summed E-state index contributed by atoms with van der Waals surface area (Å²) in [6.07, 6.45) is 1.36. The van der Waals surface area contributed by atoms with Crippen LogP contribution in [0.5, 0.6) is 0 Å². The summed E-state index contributed by atoms with van der Waals surface area (Å²) in [5.41, 5.74) is 7.45. The van der Waals surface area contributed by atoms with E-state index < -0.39 is 5.97 Å². The van der Waals surface area contributed by atoms with Crippen molar-refractivity contribution < 1.29 is 9.90 Å². The molecule has 1 aromatic heterocycles. The fourth-order valence-corrected chi connectivity index (χ4v) is 3.18. The van der Waals surface area contributed by atoms with Crippen molar-refractivity contribution in [1.29, 1.82) is 0 Å². The van der Waals surface area contributed by atoms with Gasteiger partial charge in [-0.25, -0.2) is 4.79 Å². The minimum atomic E-state index is -0.967. The van der Waals surface area contributed by atoms with Crippen molar-refractivity contribution in [3.05, 3.63) is 40.1 Å². The number of hydrogen-bond donors (Lipinski definition) is 2. The number of rotatable bonds is 4. The van der Waals surface area contributed by atoms with Crippen molar-refractivity contribution in [3.63, 3.8) is 0 Å². The maximum atomic E-state index is 11.1. The number of halogens is 1. The minimum absolute atomic E-state index is 0.226. The summed E-state index contributed by atoms with van der Waals surface area (Å²) in [7, 11) is 1.73. The maximum Gasteiger partial charge on any atom is 0.339 e. The number of hydrogen-bond acceptors (Lipinski definition) is 4. The second-order valence-electron chi connectivity index (χ2n) is 3.90. The standard InChI is InChI=1S/C12H12BrN3O2S/c1-16-10(8(5-15-16)12(17)18)6-19-11-4-7(13)2-3-9(11)14/h2-5H,6,14H2,1H3,(H,17,18). The number of thioether (sulfide) groups is 1. The Balaban J connectivity index is 2.21. The van der Waals surface area contributed by atoms with Crippen LogP contribution in [-0.2, 0) is 12.8 Å². The Labute approximate surface area is 122 Å². The van der Waals surface area contributed by atoms with Crippen molar-refractivity contribution in [2.24, 2.45) is 7.05 Å². The molecule has 0 spiro atoms. The molecule has 0 aliphatic heterocycles. The highest BCUT2D eigenvalue weighted by Crippen LogP contribution is 2.31. The second-order valence-corrected chi connectivity index (χ2v) is 5.84. The van der Waals surface area contributed by atoms with E-state index in [-0.39, 0.29) is 5.56 Å². The predicted octanol–water partition coefficient (Wildman–Crippen LogP) is 2.76. The largest absolute Gasteiger partial charge is 0.478 e. The van der Waals surface area contributed by atoms with Crippen molar-refractivity contribution >= 4 is 39.3 Å². The first-order chi connectivity index (χ1) is 8.99. The molecular weight excluding hydrogens is 330 g/mol. The third-order valence-electron chi connectivity index (χ3n) is 2.63. The topological polar surface area (TPSA) is 81.1 Å². The smallest absolute Gasteiger partial charge is 0.339 e. The Morgan fingerprint density at radius 2 is 2.32 bits per heavy atom. The van der Waals surface area contributed by atoms with Crippen LogP contribution >= 0.6 is 27.7 Å². The van der Waals surface area contributed by atoms with Gasteiger partial charge in [-0.2, -0.15) is 5.10 Å². The van der Waals surface area contributed by atoms with Crippen LogP contribution in [0, 0.1) is 0 Å². The van der Waals surface area contributed by atoms with Crippen LogP contribution in [0.4, 0.5) is 5.69 Å². The van der Waals surface area contributed by atoms with E-state index in [1.165, 1.54) is 18.0 Å². The van der Waals surface area contributed by atoms with E-state index in [0.29, 0.717) is 17.1 Å². The third kappa shape index (κ3) is 3.10. The minimum Gasteiger partial charge on any atom is -0.478 e. The van der Waals surface area contributed by atoms with Crippen molar-refractivity contribution in [2.75, 3.05) is 5.73 Å². The van der Waals surface area contributed by atoms with Gasteiger partial charge in [0.05, 0.1) is 11.9 Å². The first-order valence-corrected chi connectivity index (χ1v) is 7.19. The number of carbonyl (C=O) groups is 1. The summed E-state index contributed by atoms with van der Waals surface area (Å²) in [6.45, 7) is 0. The van der Waals surface area contributed by atoms with Crippen molar-refractivity contribution in [2.45, 2.75) is 10.6 Å². The molecular formula is C12H12BrN3O2S. The molecule has 5 nitrogen and oxygen atoms in total. The summed E-state index contributed by atoms with van der Waals surface area (Å²) >= 11 is 4.87. The molecule has 0 aliphatic rings. The Kier molecular flexibility index (Phi) is 4.16. The number of aryl methyl sites for hydroxylation is 1. The zero-order valence-electron chi connectivity index (χ0n) is 10.1. The lowest BCUT2D eigenvalue weighted by molar-refractivity contribution is 0.0696. The van der Waals surface area contributed by atoms with E-state index >= 15 is 0 Å². The van der Waals surface area contributed by atoms with E-state index in [4.69, 9.17) is 10.8 Å². The molecule has 0 saturated carbocycles. The van der Waals surface area contributed by atoms with Crippen LogP contribution in [0.3, 0.4) is 0 Å². The number of aromatic nitrogens is 2. The van der Waals surface area contributed by atoms with Crippen LogP contribution in [0.2, 0.25) is 0 Å². The summed E-state index contributed by atoms with van der Waals surface area (Å²) in [4.78, 5) is 12.0. The van der Waals surface area contributed by atoms with E-state index in [0.717, 1.165) is 9.37 Å². The molecule has 19 heavy (non-hydrogen) atoms. The maximum absolute atomic E-state index is 11.1. The van der Waals surface area contributed by atoms with E-state index in [2.05, 4.69) is 21.0 Å².